The van der Waals surface area contributed by atoms with Gasteiger partial charge in [-0.2, -0.15) is 0 Å². The van der Waals surface area contributed by atoms with Crippen molar-refractivity contribution in [2.24, 2.45) is 0 Å². The Morgan fingerprint density at radius 2 is 1.66 bits per heavy atom. The third-order valence-corrected chi connectivity index (χ3v) is 4.53. The van der Waals surface area contributed by atoms with E-state index in [0.717, 1.165) is 5.56 Å². The minimum Gasteiger partial charge on any atom is -0.493 e. The van der Waals surface area contributed by atoms with E-state index in [1.165, 1.54) is 0 Å². The van der Waals surface area contributed by atoms with E-state index in [2.05, 4.69) is 5.32 Å². The second-order valence-electron chi connectivity index (χ2n) is 6.13. The predicted molar refractivity (Wildman–Crippen MR) is 114 cm³/mol. The molecule has 5 nitrogen and oxygen atoms in total. The van der Waals surface area contributed by atoms with E-state index in [1.807, 2.05) is 43.3 Å². The molecule has 0 aliphatic carbocycles. The zero-order chi connectivity index (χ0) is 20.6. The van der Waals surface area contributed by atoms with Crippen molar-refractivity contribution >= 4 is 23.2 Å². The molecule has 0 aromatic heterocycles. The van der Waals surface area contributed by atoms with Gasteiger partial charge < -0.3 is 19.5 Å². The summed E-state index contributed by atoms with van der Waals surface area (Å²) in [5.74, 6) is 1.65. The lowest BCUT2D eigenvalue weighted by Gasteiger charge is -2.15. The van der Waals surface area contributed by atoms with Crippen molar-refractivity contribution in [3.05, 3.63) is 82.9 Å². The molecule has 6 heteroatoms. The Morgan fingerprint density at radius 3 is 2.38 bits per heavy atom. The molecule has 1 amide bonds. The van der Waals surface area contributed by atoms with Crippen LogP contribution in [0.3, 0.4) is 0 Å². The molecule has 3 aromatic carbocycles. The van der Waals surface area contributed by atoms with Crippen molar-refractivity contribution in [2.45, 2.75) is 13.5 Å². The number of benzene rings is 3. The van der Waals surface area contributed by atoms with Crippen molar-refractivity contribution in [1.82, 2.24) is 0 Å². The Labute approximate surface area is 175 Å². The van der Waals surface area contributed by atoms with E-state index in [-0.39, 0.29) is 12.5 Å². The molecule has 0 heterocycles. The van der Waals surface area contributed by atoms with Crippen molar-refractivity contribution < 1.29 is 19.0 Å². The normalized spacial score (nSPS) is 10.3. The highest BCUT2D eigenvalue weighted by Crippen LogP contribution is 2.29. The quantitative estimate of drug-likeness (QED) is 0.525. The summed E-state index contributed by atoms with van der Waals surface area (Å²) in [5, 5.41) is 3.30. The van der Waals surface area contributed by atoms with Crippen LogP contribution in [0.5, 0.6) is 17.2 Å². The second kappa shape index (κ2) is 9.85. The maximum Gasteiger partial charge on any atom is 0.255 e. The summed E-state index contributed by atoms with van der Waals surface area (Å²) in [5.41, 5.74) is 1.79. The van der Waals surface area contributed by atoms with Crippen molar-refractivity contribution in [2.75, 3.05) is 19.0 Å². The Morgan fingerprint density at radius 1 is 0.931 bits per heavy atom. The van der Waals surface area contributed by atoms with Gasteiger partial charge in [0, 0.05) is 11.1 Å². The van der Waals surface area contributed by atoms with Crippen LogP contribution in [0.25, 0.3) is 0 Å². The fraction of sp³-hybridized carbons (Fsp3) is 0.174. The average molecular weight is 412 g/mol. The van der Waals surface area contributed by atoms with Gasteiger partial charge in [-0.05, 0) is 49.4 Å². The first-order chi connectivity index (χ1) is 14.1. The Bertz CT molecular complexity index is 990. The van der Waals surface area contributed by atoms with Crippen LogP contribution in [0, 0.1) is 0 Å². The lowest BCUT2D eigenvalue weighted by atomic mass is 10.1. The van der Waals surface area contributed by atoms with Gasteiger partial charge in [0.25, 0.3) is 5.91 Å². The second-order valence-corrected chi connectivity index (χ2v) is 6.54. The summed E-state index contributed by atoms with van der Waals surface area (Å²) in [7, 11) is 1.59. The number of carbonyl (C=O) groups excluding carboxylic acids is 1. The first-order valence-electron chi connectivity index (χ1n) is 9.19. The lowest BCUT2D eigenvalue weighted by molar-refractivity contribution is 0.102. The highest BCUT2D eigenvalue weighted by Gasteiger charge is 2.13. The van der Waals surface area contributed by atoms with E-state index in [9.17, 15) is 4.79 Å². The third kappa shape index (κ3) is 5.21. The molecule has 0 fully saturated rings. The number of hydrogen-bond acceptors (Lipinski definition) is 4. The SMILES string of the molecule is CCOc1ccc(C(=O)Nc2ccccc2Cl)cc1COc1ccccc1OC. The molecule has 0 spiro atoms. The molecule has 0 aliphatic heterocycles. The molecule has 0 atom stereocenters. The monoisotopic (exact) mass is 411 g/mol. The molecule has 0 bridgehead atoms. The standard InChI is InChI=1S/C23H22ClNO4/c1-3-28-20-13-12-16(23(26)25-19-9-5-4-8-18(19)24)14-17(20)15-29-22-11-7-6-10-21(22)27-2/h4-14H,3,15H2,1-2H3,(H,25,26). The molecule has 150 valence electrons. The molecule has 0 unspecified atom stereocenters. The van der Waals surface area contributed by atoms with Crippen LogP contribution in [0.2, 0.25) is 5.02 Å². The van der Waals surface area contributed by atoms with Crippen LogP contribution < -0.4 is 19.5 Å². The Kier molecular flexibility index (Phi) is 6.98. The molecule has 3 rings (SSSR count). The predicted octanol–water partition coefficient (Wildman–Crippen LogP) is 5.58. The number of anilines is 1. The van der Waals surface area contributed by atoms with Gasteiger partial charge in [0.1, 0.15) is 12.4 Å². The van der Waals surface area contributed by atoms with Gasteiger partial charge in [-0.1, -0.05) is 35.9 Å². The largest absolute Gasteiger partial charge is 0.493 e. The highest BCUT2D eigenvalue weighted by atomic mass is 35.5. The molecule has 3 aromatic rings. The number of para-hydroxylation sites is 3. The Hall–Kier alpha value is -3.18. The number of ether oxygens (including phenoxy) is 3. The number of rotatable bonds is 8. The number of amides is 1. The summed E-state index contributed by atoms with van der Waals surface area (Å²) >= 11 is 6.13. The van der Waals surface area contributed by atoms with Gasteiger partial charge in [0.15, 0.2) is 11.5 Å². The average Bonchev–Trinajstić information content (AvgIpc) is 2.75. The van der Waals surface area contributed by atoms with E-state index >= 15 is 0 Å². The smallest absolute Gasteiger partial charge is 0.255 e. The number of methoxy groups -OCH3 is 1. The highest BCUT2D eigenvalue weighted by molar-refractivity contribution is 6.33. The Balaban J connectivity index is 1.81. The summed E-state index contributed by atoms with van der Waals surface area (Å²) in [4.78, 5) is 12.7. The van der Waals surface area contributed by atoms with Crippen LogP contribution in [0.1, 0.15) is 22.8 Å². The molecular formula is C23H22ClNO4. The van der Waals surface area contributed by atoms with Crippen LogP contribution >= 0.6 is 11.6 Å². The molecule has 0 saturated heterocycles. The molecule has 29 heavy (non-hydrogen) atoms. The maximum atomic E-state index is 12.7. The maximum absolute atomic E-state index is 12.7. The summed E-state index contributed by atoms with van der Waals surface area (Å²) in [6.07, 6.45) is 0. The molecule has 0 radical (unpaired) electrons. The first kappa shape index (κ1) is 20.6. The summed E-state index contributed by atoms with van der Waals surface area (Å²) in [6.45, 7) is 2.64. The van der Waals surface area contributed by atoms with E-state index in [4.69, 9.17) is 25.8 Å². The topological polar surface area (TPSA) is 56.8 Å². The van der Waals surface area contributed by atoms with Crippen molar-refractivity contribution in [3.8, 4) is 17.2 Å². The number of carbonyl (C=O) groups is 1. The molecule has 1 N–H and O–H groups in total. The zero-order valence-corrected chi connectivity index (χ0v) is 17.0. The molecular weight excluding hydrogens is 390 g/mol. The van der Waals surface area contributed by atoms with Crippen molar-refractivity contribution in [3.63, 3.8) is 0 Å². The number of hydrogen-bond donors (Lipinski definition) is 1. The fourth-order valence-corrected chi connectivity index (χ4v) is 2.96. The van der Waals surface area contributed by atoms with Crippen LogP contribution in [0.15, 0.2) is 66.7 Å². The first-order valence-corrected chi connectivity index (χ1v) is 9.57. The van der Waals surface area contributed by atoms with Gasteiger partial charge in [0.05, 0.1) is 24.4 Å². The van der Waals surface area contributed by atoms with Crippen LogP contribution in [-0.4, -0.2) is 19.6 Å². The van der Waals surface area contributed by atoms with E-state index in [0.29, 0.717) is 40.1 Å². The van der Waals surface area contributed by atoms with E-state index < -0.39 is 0 Å². The molecule has 0 aliphatic rings. The fourth-order valence-electron chi connectivity index (χ4n) is 2.78. The summed E-state index contributed by atoms with van der Waals surface area (Å²) in [6, 6.07) is 19.7. The molecule has 0 saturated carbocycles. The summed E-state index contributed by atoms with van der Waals surface area (Å²) < 4.78 is 16.9. The zero-order valence-electron chi connectivity index (χ0n) is 16.3. The van der Waals surface area contributed by atoms with Gasteiger partial charge in [-0.25, -0.2) is 0 Å². The minimum atomic E-state index is -0.264. The third-order valence-electron chi connectivity index (χ3n) is 4.20. The van der Waals surface area contributed by atoms with Gasteiger partial charge >= 0.3 is 0 Å². The van der Waals surface area contributed by atoms with Crippen molar-refractivity contribution in [1.29, 1.82) is 0 Å². The lowest BCUT2D eigenvalue weighted by Crippen LogP contribution is -2.13. The van der Waals surface area contributed by atoms with Crippen LogP contribution in [-0.2, 0) is 6.61 Å². The number of halogens is 1. The number of nitrogens with one attached hydrogen (secondary N) is 1. The minimum absolute atomic E-state index is 0.225. The van der Waals surface area contributed by atoms with E-state index in [1.54, 1.807) is 37.4 Å². The van der Waals surface area contributed by atoms with Gasteiger partial charge in [0.2, 0.25) is 0 Å². The van der Waals surface area contributed by atoms with Crippen LogP contribution in [0.4, 0.5) is 5.69 Å². The van der Waals surface area contributed by atoms with Gasteiger partial charge in [-0.15, -0.1) is 0 Å². The van der Waals surface area contributed by atoms with Gasteiger partial charge in [-0.3, -0.25) is 4.79 Å².